The Morgan fingerprint density at radius 1 is 1.36 bits per heavy atom. The van der Waals surface area contributed by atoms with E-state index in [4.69, 9.17) is 26.3 Å². The molecule has 0 heterocycles. The molecule has 0 N–H and O–H groups in total. The van der Waals surface area contributed by atoms with Crippen LogP contribution in [0, 0.1) is 17.1 Å². The normalized spacial score (nSPS) is 9.91. The average Bonchev–Trinajstić information content (AvgIpc) is 2.51. The van der Waals surface area contributed by atoms with E-state index in [1.165, 1.54) is 37.4 Å². The summed E-state index contributed by atoms with van der Waals surface area (Å²) in [7, 11) is 1.36. The van der Waals surface area contributed by atoms with Crippen molar-refractivity contribution in [2.75, 3.05) is 7.11 Å². The highest BCUT2D eigenvalue weighted by molar-refractivity contribution is 6.32. The first kappa shape index (κ1) is 15.8. The van der Waals surface area contributed by atoms with Crippen molar-refractivity contribution in [2.45, 2.75) is 6.42 Å². The molecular weight excluding hydrogens is 309 g/mol. The zero-order chi connectivity index (χ0) is 16.1. The van der Waals surface area contributed by atoms with Crippen LogP contribution in [0.3, 0.4) is 0 Å². The van der Waals surface area contributed by atoms with Crippen molar-refractivity contribution in [3.8, 4) is 17.6 Å². The van der Waals surface area contributed by atoms with Crippen LogP contribution in [0.4, 0.5) is 4.39 Å². The fraction of sp³-hybridized carbons (Fsp3) is 0.125. The number of hydrogen-bond donors (Lipinski definition) is 0. The molecule has 0 spiro atoms. The van der Waals surface area contributed by atoms with E-state index in [-0.39, 0.29) is 34.1 Å². The van der Waals surface area contributed by atoms with Crippen molar-refractivity contribution in [2.24, 2.45) is 0 Å². The van der Waals surface area contributed by atoms with Gasteiger partial charge >= 0.3 is 5.97 Å². The van der Waals surface area contributed by atoms with Crippen molar-refractivity contribution in [3.05, 3.63) is 58.4 Å². The van der Waals surface area contributed by atoms with Gasteiger partial charge in [-0.3, -0.25) is 4.79 Å². The first-order chi connectivity index (χ1) is 10.5. The van der Waals surface area contributed by atoms with Crippen molar-refractivity contribution in [3.63, 3.8) is 0 Å². The third kappa shape index (κ3) is 3.54. The minimum absolute atomic E-state index is 0.00417. The van der Waals surface area contributed by atoms with E-state index in [9.17, 15) is 9.18 Å². The standard InChI is InChI=1S/C16H11ClFNO3/c1-21-14-7-10(9-19)6-12(17)16(14)22-15(20)8-11-4-2-3-5-13(11)18/h2-7H,8H2,1H3. The average molecular weight is 320 g/mol. The Kier molecular flexibility index (Phi) is 4.97. The molecule has 0 fully saturated rings. The molecule has 0 unspecified atom stereocenters. The summed E-state index contributed by atoms with van der Waals surface area (Å²) in [5.74, 6) is -1.01. The molecule has 0 aliphatic rings. The maximum atomic E-state index is 13.5. The minimum atomic E-state index is -0.685. The van der Waals surface area contributed by atoms with E-state index < -0.39 is 11.8 Å². The molecule has 4 nitrogen and oxygen atoms in total. The van der Waals surface area contributed by atoms with Crippen LogP contribution < -0.4 is 9.47 Å². The van der Waals surface area contributed by atoms with Crippen molar-refractivity contribution < 1.29 is 18.7 Å². The number of ether oxygens (including phenoxy) is 2. The summed E-state index contributed by atoms with van der Waals surface area (Å²) in [6.07, 6.45) is -0.244. The van der Waals surface area contributed by atoms with Gasteiger partial charge in [-0.05, 0) is 17.7 Å². The lowest BCUT2D eigenvalue weighted by Gasteiger charge is -2.11. The van der Waals surface area contributed by atoms with Gasteiger partial charge in [-0.2, -0.15) is 5.26 Å². The summed E-state index contributed by atoms with van der Waals surface area (Å²) in [4.78, 5) is 11.9. The molecular formula is C16H11ClFNO3. The molecule has 22 heavy (non-hydrogen) atoms. The fourth-order valence-corrected chi connectivity index (χ4v) is 2.08. The maximum Gasteiger partial charge on any atom is 0.315 e. The smallest absolute Gasteiger partial charge is 0.315 e. The largest absolute Gasteiger partial charge is 0.493 e. The quantitative estimate of drug-likeness (QED) is 0.639. The van der Waals surface area contributed by atoms with E-state index in [1.807, 2.05) is 6.07 Å². The van der Waals surface area contributed by atoms with Gasteiger partial charge in [0.25, 0.3) is 0 Å². The summed E-state index contributed by atoms with van der Waals surface area (Å²) in [5, 5.41) is 8.93. The highest BCUT2D eigenvalue weighted by atomic mass is 35.5. The zero-order valence-electron chi connectivity index (χ0n) is 11.6. The molecule has 0 amide bonds. The van der Waals surface area contributed by atoms with Crippen molar-refractivity contribution in [1.82, 2.24) is 0 Å². The summed E-state index contributed by atoms with van der Waals surface area (Å²) in [6.45, 7) is 0. The molecule has 6 heteroatoms. The summed E-state index contributed by atoms with van der Waals surface area (Å²) >= 11 is 5.99. The molecule has 0 aliphatic carbocycles. The first-order valence-electron chi connectivity index (χ1n) is 6.27. The molecule has 0 aliphatic heterocycles. The van der Waals surface area contributed by atoms with Gasteiger partial charge in [0.1, 0.15) is 5.82 Å². The van der Waals surface area contributed by atoms with Crippen molar-refractivity contribution >= 4 is 17.6 Å². The van der Waals surface area contributed by atoms with E-state index >= 15 is 0 Å². The van der Waals surface area contributed by atoms with E-state index in [1.54, 1.807) is 6.07 Å². The Hall–Kier alpha value is -2.58. The van der Waals surface area contributed by atoms with Crippen molar-refractivity contribution in [1.29, 1.82) is 5.26 Å². The number of benzene rings is 2. The maximum absolute atomic E-state index is 13.5. The van der Waals surface area contributed by atoms with Gasteiger partial charge in [0.05, 0.1) is 30.2 Å². The van der Waals surface area contributed by atoms with Gasteiger partial charge < -0.3 is 9.47 Å². The Labute approximate surface area is 131 Å². The fourth-order valence-electron chi connectivity index (χ4n) is 1.83. The number of halogens is 2. The van der Waals surface area contributed by atoms with Crippen LogP contribution in [-0.2, 0) is 11.2 Å². The lowest BCUT2D eigenvalue weighted by Crippen LogP contribution is -2.13. The van der Waals surface area contributed by atoms with Crippen LogP contribution in [0.1, 0.15) is 11.1 Å². The van der Waals surface area contributed by atoms with Gasteiger partial charge in [-0.15, -0.1) is 0 Å². The van der Waals surface area contributed by atoms with Gasteiger partial charge in [-0.25, -0.2) is 4.39 Å². The summed E-state index contributed by atoms with van der Waals surface area (Å²) in [5.41, 5.74) is 0.493. The van der Waals surface area contributed by atoms with Crippen LogP contribution in [0.25, 0.3) is 0 Å². The number of methoxy groups -OCH3 is 1. The number of carbonyl (C=O) groups is 1. The van der Waals surface area contributed by atoms with Crippen LogP contribution in [0.15, 0.2) is 36.4 Å². The summed E-state index contributed by atoms with van der Waals surface area (Å²) in [6, 6.07) is 10.6. The third-order valence-corrected chi connectivity index (χ3v) is 3.15. The Bertz CT molecular complexity index is 756. The monoisotopic (exact) mass is 319 g/mol. The Morgan fingerprint density at radius 3 is 2.73 bits per heavy atom. The Balaban J connectivity index is 2.22. The third-order valence-electron chi connectivity index (χ3n) is 2.87. The molecule has 2 aromatic carbocycles. The van der Waals surface area contributed by atoms with Gasteiger partial charge in [0.15, 0.2) is 11.5 Å². The predicted molar refractivity (Wildman–Crippen MR) is 78.5 cm³/mol. The molecule has 112 valence electrons. The van der Waals surface area contributed by atoms with Gasteiger partial charge in [0, 0.05) is 6.07 Å². The SMILES string of the molecule is COc1cc(C#N)cc(Cl)c1OC(=O)Cc1ccccc1F. The number of carbonyl (C=O) groups excluding carboxylic acids is 1. The molecule has 0 saturated carbocycles. The second-order valence-electron chi connectivity index (χ2n) is 4.34. The minimum Gasteiger partial charge on any atom is -0.493 e. The molecule has 0 aromatic heterocycles. The number of hydrogen-bond acceptors (Lipinski definition) is 4. The second-order valence-corrected chi connectivity index (χ2v) is 4.75. The van der Waals surface area contributed by atoms with Crippen LogP contribution in [0.2, 0.25) is 5.02 Å². The summed E-state index contributed by atoms with van der Waals surface area (Å²) < 4.78 is 23.7. The second kappa shape index (κ2) is 6.92. The van der Waals surface area contributed by atoms with Gasteiger partial charge in [-0.1, -0.05) is 29.8 Å². The van der Waals surface area contributed by atoms with Crippen LogP contribution in [-0.4, -0.2) is 13.1 Å². The van der Waals surface area contributed by atoms with E-state index in [0.29, 0.717) is 0 Å². The number of esters is 1. The highest BCUT2D eigenvalue weighted by Gasteiger charge is 2.17. The molecule has 0 bridgehead atoms. The van der Waals surface area contributed by atoms with E-state index in [2.05, 4.69) is 0 Å². The lowest BCUT2D eigenvalue weighted by molar-refractivity contribution is -0.133. The van der Waals surface area contributed by atoms with Gasteiger partial charge in [0.2, 0.25) is 0 Å². The molecule has 0 radical (unpaired) electrons. The van der Waals surface area contributed by atoms with E-state index in [0.717, 1.165) is 0 Å². The number of rotatable bonds is 4. The van der Waals surface area contributed by atoms with Crippen LogP contribution >= 0.6 is 11.6 Å². The Morgan fingerprint density at radius 2 is 2.09 bits per heavy atom. The van der Waals surface area contributed by atoms with Crippen LogP contribution in [0.5, 0.6) is 11.5 Å². The number of nitrogens with zero attached hydrogens (tertiary/aromatic N) is 1. The molecule has 0 atom stereocenters. The molecule has 2 aromatic rings. The highest BCUT2D eigenvalue weighted by Crippen LogP contribution is 2.36. The topological polar surface area (TPSA) is 59.3 Å². The first-order valence-corrected chi connectivity index (χ1v) is 6.64. The molecule has 2 rings (SSSR count). The lowest BCUT2D eigenvalue weighted by atomic mass is 10.1. The predicted octanol–water partition coefficient (Wildman–Crippen LogP) is 3.51. The zero-order valence-corrected chi connectivity index (χ0v) is 12.4. The number of nitriles is 1. The molecule has 0 saturated heterocycles.